The maximum absolute atomic E-state index is 10.9. The maximum Gasteiger partial charge on any atom is 0.269 e. The molecule has 0 aromatic heterocycles. The predicted octanol–water partition coefficient (Wildman–Crippen LogP) is 0.732. The summed E-state index contributed by atoms with van der Waals surface area (Å²) >= 11 is 5.93. The first-order chi connectivity index (χ1) is 11.6. The summed E-state index contributed by atoms with van der Waals surface area (Å²) in [5, 5.41) is 11.6. The highest BCUT2D eigenvalue weighted by Crippen LogP contribution is 2.12. The van der Waals surface area contributed by atoms with Crippen molar-refractivity contribution in [2.45, 2.75) is 13.1 Å². The molecule has 1 aliphatic rings. The average Bonchev–Trinajstić information content (AvgIpc) is 2.59. The molecule has 6 heteroatoms. The fourth-order valence-corrected chi connectivity index (χ4v) is 3.40. The van der Waals surface area contributed by atoms with Gasteiger partial charge in [0.1, 0.15) is 39.3 Å². The summed E-state index contributed by atoms with van der Waals surface area (Å²) in [6, 6.07) is 15.1. The molecule has 2 aromatic rings. The molecule has 2 N–H and O–H groups in total. The zero-order chi connectivity index (χ0) is 16.9. The lowest BCUT2D eigenvalue weighted by molar-refractivity contribution is -1.02. The SMILES string of the molecule is O=[N+]([O-])c1cccc(C[NH+]2CC[NH+](Cc3ccc(Cl)cc3)CC2)c1. The number of rotatable bonds is 5. The van der Waals surface area contributed by atoms with Crippen LogP contribution in [0.15, 0.2) is 48.5 Å². The van der Waals surface area contributed by atoms with Crippen molar-refractivity contribution in [3.63, 3.8) is 0 Å². The number of non-ortho nitro benzene ring substituents is 1. The number of benzene rings is 2. The van der Waals surface area contributed by atoms with E-state index in [0.717, 1.165) is 49.9 Å². The lowest BCUT2D eigenvalue weighted by Crippen LogP contribution is -3.27. The summed E-state index contributed by atoms with van der Waals surface area (Å²) in [4.78, 5) is 13.6. The van der Waals surface area contributed by atoms with E-state index >= 15 is 0 Å². The minimum absolute atomic E-state index is 0.180. The Kier molecular flexibility index (Phi) is 5.45. The summed E-state index contributed by atoms with van der Waals surface area (Å²) in [7, 11) is 0. The van der Waals surface area contributed by atoms with Gasteiger partial charge in [-0.25, -0.2) is 0 Å². The molecule has 0 bridgehead atoms. The maximum atomic E-state index is 10.9. The smallest absolute Gasteiger partial charge is 0.269 e. The molecular weight excluding hydrogens is 326 g/mol. The molecule has 0 amide bonds. The molecule has 0 atom stereocenters. The van der Waals surface area contributed by atoms with Gasteiger partial charge in [-0.05, 0) is 12.1 Å². The zero-order valence-electron chi connectivity index (χ0n) is 13.5. The van der Waals surface area contributed by atoms with Crippen LogP contribution in [0.2, 0.25) is 5.02 Å². The number of nitrogens with one attached hydrogen (secondary N) is 2. The topological polar surface area (TPSA) is 52.0 Å². The van der Waals surface area contributed by atoms with E-state index in [4.69, 9.17) is 11.6 Å². The molecule has 1 heterocycles. The first kappa shape index (κ1) is 16.9. The second-order valence-electron chi connectivity index (χ2n) is 6.41. The molecule has 5 nitrogen and oxygen atoms in total. The van der Waals surface area contributed by atoms with Gasteiger partial charge >= 0.3 is 0 Å². The van der Waals surface area contributed by atoms with Crippen molar-refractivity contribution >= 4 is 17.3 Å². The summed E-state index contributed by atoms with van der Waals surface area (Å²) in [6.07, 6.45) is 0. The average molecular weight is 348 g/mol. The molecular formula is C18H22ClN3O2+2. The number of nitro benzene ring substituents is 1. The predicted molar refractivity (Wildman–Crippen MR) is 93.3 cm³/mol. The van der Waals surface area contributed by atoms with Crippen LogP contribution in [0.3, 0.4) is 0 Å². The Morgan fingerprint density at radius 2 is 1.50 bits per heavy atom. The van der Waals surface area contributed by atoms with E-state index in [1.165, 1.54) is 10.5 Å². The van der Waals surface area contributed by atoms with E-state index in [9.17, 15) is 10.1 Å². The molecule has 2 aromatic carbocycles. The van der Waals surface area contributed by atoms with Gasteiger partial charge < -0.3 is 9.80 Å². The van der Waals surface area contributed by atoms with Crippen LogP contribution in [-0.4, -0.2) is 31.1 Å². The molecule has 0 spiro atoms. The second-order valence-corrected chi connectivity index (χ2v) is 6.84. The van der Waals surface area contributed by atoms with Gasteiger partial charge in [-0.3, -0.25) is 10.1 Å². The van der Waals surface area contributed by atoms with Gasteiger partial charge in [0.2, 0.25) is 0 Å². The van der Waals surface area contributed by atoms with Crippen molar-refractivity contribution in [1.29, 1.82) is 0 Å². The van der Waals surface area contributed by atoms with E-state index in [1.54, 1.807) is 23.1 Å². The zero-order valence-corrected chi connectivity index (χ0v) is 14.3. The van der Waals surface area contributed by atoms with E-state index < -0.39 is 0 Å². The fraction of sp³-hybridized carbons (Fsp3) is 0.333. The van der Waals surface area contributed by atoms with Crippen LogP contribution >= 0.6 is 11.6 Å². The minimum Gasteiger partial charge on any atom is -0.322 e. The van der Waals surface area contributed by atoms with Crippen LogP contribution in [-0.2, 0) is 13.1 Å². The third kappa shape index (κ3) is 4.54. The van der Waals surface area contributed by atoms with E-state index in [2.05, 4.69) is 12.1 Å². The molecule has 0 aliphatic carbocycles. The van der Waals surface area contributed by atoms with E-state index in [1.807, 2.05) is 18.2 Å². The largest absolute Gasteiger partial charge is 0.322 e. The fourth-order valence-electron chi connectivity index (χ4n) is 3.27. The van der Waals surface area contributed by atoms with Gasteiger partial charge in [0, 0.05) is 28.3 Å². The van der Waals surface area contributed by atoms with Gasteiger partial charge in [-0.1, -0.05) is 35.9 Å². The minimum atomic E-state index is -0.326. The van der Waals surface area contributed by atoms with Gasteiger partial charge in [0.25, 0.3) is 5.69 Å². The van der Waals surface area contributed by atoms with Crippen LogP contribution in [0.5, 0.6) is 0 Å². The Bertz CT molecular complexity index is 698. The van der Waals surface area contributed by atoms with Gasteiger partial charge in [0.05, 0.1) is 4.92 Å². The van der Waals surface area contributed by atoms with Crippen LogP contribution in [0.4, 0.5) is 5.69 Å². The van der Waals surface area contributed by atoms with Crippen molar-refractivity contribution in [2.24, 2.45) is 0 Å². The number of quaternary nitrogens is 2. The third-order valence-corrected chi connectivity index (χ3v) is 4.86. The monoisotopic (exact) mass is 347 g/mol. The molecule has 0 radical (unpaired) electrons. The molecule has 3 rings (SSSR count). The standard InChI is InChI=1S/C18H20ClN3O2/c19-17-6-4-15(5-7-17)13-20-8-10-21(11-9-20)14-16-2-1-3-18(12-16)22(23)24/h1-7,12H,8-11,13-14H2/p+2. The van der Waals surface area contributed by atoms with Crippen LogP contribution < -0.4 is 9.80 Å². The first-order valence-electron chi connectivity index (χ1n) is 8.25. The van der Waals surface area contributed by atoms with Crippen molar-refractivity contribution in [1.82, 2.24) is 0 Å². The Balaban J connectivity index is 1.51. The number of nitrogens with zero attached hydrogens (tertiary/aromatic N) is 1. The number of piperazine rings is 1. The van der Waals surface area contributed by atoms with Gasteiger partial charge in [-0.15, -0.1) is 0 Å². The number of nitro groups is 1. The van der Waals surface area contributed by atoms with Crippen molar-refractivity contribution in [2.75, 3.05) is 26.2 Å². The van der Waals surface area contributed by atoms with Crippen LogP contribution in [0, 0.1) is 10.1 Å². The highest BCUT2D eigenvalue weighted by Gasteiger charge is 2.23. The van der Waals surface area contributed by atoms with Crippen molar-refractivity contribution in [3.8, 4) is 0 Å². The summed E-state index contributed by atoms with van der Waals surface area (Å²) in [6.45, 7) is 6.30. The summed E-state index contributed by atoms with van der Waals surface area (Å²) in [5.41, 5.74) is 2.54. The third-order valence-electron chi connectivity index (χ3n) is 4.61. The normalized spacial score (nSPS) is 20.7. The molecule has 1 saturated heterocycles. The highest BCUT2D eigenvalue weighted by atomic mass is 35.5. The van der Waals surface area contributed by atoms with Gasteiger partial charge in [0.15, 0.2) is 0 Å². The Morgan fingerprint density at radius 1 is 0.917 bits per heavy atom. The molecule has 0 unspecified atom stereocenters. The molecule has 126 valence electrons. The molecule has 1 fully saturated rings. The Labute approximate surface area is 146 Å². The van der Waals surface area contributed by atoms with Crippen molar-refractivity contribution < 1.29 is 14.7 Å². The molecule has 1 aliphatic heterocycles. The lowest BCUT2D eigenvalue weighted by Gasteiger charge is -2.29. The molecule has 0 saturated carbocycles. The van der Waals surface area contributed by atoms with Crippen molar-refractivity contribution in [3.05, 3.63) is 74.8 Å². The van der Waals surface area contributed by atoms with Crippen LogP contribution in [0.1, 0.15) is 11.1 Å². The van der Waals surface area contributed by atoms with Crippen LogP contribution in [0.25, 0.3) is 0 Å². The Hall–Kier alpha value is -1.95. The summed E-state index contributed by atoms with van der Waals surface area (Å²) < 4.78 is 0. The lowest BCUT2D eigenvalue weighted by atomic mass is 10.1. The second kappa shape index (κ2) is 7.75. The van der Waals surface area contributed by atoms with E-state index in [-0.39, 0.29) is 10.6 Å². The quantitative estimate of drug-likeness (QED) is 0.619. The highest BCUT2D eigenvalue weighted by molar-refractivity contribution is 6.30. The number of halogens is 1. The summed E-state index contributed by atoms with van der Waals surface area (Å²) in [5.74, 6) is 0. The first-order valence-corrected chi connectivity index (χ1v) is 8.63. The van der Waals surface area contributed by atoms with E-state index in [0.29, 0.717) is 0 Å². The number of hydrogen-bond acceptors (Lipinski definition) is 2. The van der Waals surface area contributed by atoms with Gasteiger partial charge in [-0.2, -0.15) is 0 Å². The Morgan fingerprint density at radius 3 is 2.08 bits per heavy atom. The molecule has 24 heavy (non-hydrogen) atoms. The number of hydrogen-bond donors (Lipinski definition) is 2.